The Morgan fingerprint density at radius 3 is 2.47 bits per heavy atom. The van der Waals surface area contributed by atoms with Gasteiger partial charge in [0.2, 0.25) is 0 Å². The molecule has 17 heavy (non-hydrogen) atoms. The summed E-state index contributed by atoms with van der Waals surface area (Å²) in [7, 11) is 0. The van der Waals surface area contributed by atoms with Crippen molar-refractivity contribution in [3.8, 4) is 0 Å². The number of rotatable bonds is 5. The summed E-state index contributed by atoms with van der Waals surface area (Å²) in [5, 5.41) is 3.50. The van der Waals surface area contributed by atoms with Crippen LogP contribution < -0.4 is 5.32 Å². The fourth-order valence-electron chi connectivity index (χ4n) is 1.47. The third-order valence-electron chi connectivity index (χ3n) is 2.70. The molecular weight excluding hydrogens is 230 g/mol. The zero-order chi connectivity index (χ0) is 13.1. The number of nitrogens with one attached hydrogen (secondary N) is 1. The lowest BCUT2D eigenvalue weighted by molar-refractivity contribution is 0.412. The first kappa shape index (κ1) is 14.6. The van der Waals surface area contributed by atoms with E-state index >= 15 is 0 Å². The van der Waals surface area contributed by atoms with Crippen LogP contribution in [0.3, 0.4) is 0 Å². The van der Waals surface area contributed by atoms with Crippen molar-refractivity contribution in [3.05, 3.63) is 18.2 Å². The van der Waals surface area contributed by atoms with Gasteiger partial charge in [0.25, 0.3) is 0 Å². The molecule has 1 aromatic heterocycles. The molecule has 1 N–H and O–H groups in total. The number of aromatic nitrogens is 2. The van der Waals surface area contributed by atoms with Gasteiger partial charge in [0, 0.05) is 29.6 Å². The van der Waals surface area contributed by atoms with Crippen molar-refractivity contribution < 1.29 is 0 Å². The molecule has 0 aliphatic heterocycles. The van der Waals surface area contributed by atoms with E-state index < -0.39 is 0 Å². The Balaban J connectivity index is 2.66. The number of hydrogen-bond acceptors (Lipinski definition) is 3. The number of thioether (sulfide) groups is 1. The summed E-state index contributed by atoms with van der Waals surface area (Å²) in [6.07, 6.45) is 6.04. The second-order valence-corrected chi connectivity index (χ2v) is 7.59. The molecule has 0 aromatic carbocycles. The van der Waals surface area contributed by atoms with Crippen LogP contribution in [0.5, 0.6) is 0 Å². The predicted octanol–water partition coefficient (Wildman–Crippen LogP) is 2.91. The van der Waals surface area contributed by atoms with Crippen molar-refractivity contribution in [3.63, 3.8) is 0 Å². The normalized spacial score (nSPS) is 13.1. The van der Waals surface area contributed by atoms with Gasteiger partial charge in [-0.3, -0.25) is 0 Å². The molecule has 98 valence electrons. The summed E-state index contributed by atoms with van der Waals surface area (Å²) in [6, 6.07) is 0. The minimum atomic E-state index is 0.143. The molecule has 4 heteroatoms. The molecule has 0 saturated carbocycles. The molecule has 1 aromatic rings. The molecule has 0 unspecified atom stereocenters. The van der Waals surface area contributed by atoms with E-state index in [2.05, 4.69) is 55.7 Å². The van der Waals surface area contributed by atoms with Gasteiger partial charge in [-0.25, -0.2) is 4.98 Å². The lowest BCUT2D eigenvalue weighted by Crippen LogP contribution is -2.36. The second-order valence-electron chi connectivity index (χ2n) is 6.08. The molecule has 1 rings (SSSR count). The fourth-order valence-corrected chi connectivity index (χ4v) is 1.74. The van der Waals surface area contributed by atoms with E-state index in [0.717, 1.165) is 13.1 Å². The smallest absolute Gasteiger partial charge is 0.0949 e. The van der Waals surface area contributed by atoms with Crippen LogP contribution in [0.25, 0.3) is 0 Å². The first-order valence-electron chi connectivity index (χ1n) is 6.03. The minimum Gasteiger partial charge on any atom is -0.332 e. The molecule has 0 atom stereocenters. The zero-order valence-electron chi connectivity index (χ0n) is 11.9. The van der Waals surface area contributed by atoms with Gasteiger partial charge in [-0.1, -0.05) is 0 Å². The van der Waals surface area contributed by atoms with Gasteiger partial charge in [-0.05, 0) is 40.9 Å². The van der Waals surface area contributed by atoms with Crippen molar-refractivity contribution >= 4 is 11.8 Å². The molecule has 1 heterocycles. The van der Waals surface area contributed by atoms with E-state index in [4.69, 9.17) is 0 Å². The van der Waals surface area contributed by atoms with Gasteiger partial charge < -0.3 is 9.88 Å². The average Bonchev–Trinajstić information content (AvgIpc) is 2.60. The van der Waals surface area contributed by atoms with Crippen molar-refractivity contribution in [2.24, 2.45) is 0 Å². The van der Waals surface area contributed by atoms with E-state index in [-0.39, 0.29) is 10.3 Å². The highest BCUT2D eigenvalue weighted by atomic mass is 32.2. The second kappa shape index (κ2) is 5.44. The van der Waals surface area contributed by atoms with Crippen LogP contribution in [0.2, 0.25) is 0 Å². The largest absolute Gasteiger partial charge is 0.332 e. The number of nitrogens with zero attached hydrogens (tertiary/aromatic N) is 2. The Kier molecular flexibility index (Phi) is 4.67. The maximum absolute atomic E-state index is 4.25. The van der Waals surface area contributed by atoms with Crippen LogP contribution in [0.15, 0.2) is 12.5 Å². The summed E-state index contributed by atoms with van der Waals surface area (Å²) in [6.45, 7) is 12.9. The highest BCUT2D eigenvalue weighted by molar-refractivity contribution is 7.99. The van der Waals surface area contributed by atoms with Crippen molar-refractivity contribution in [2.45, 2.75) is 58.0 Å². The third-order valence-corrected chi connectivity index (χ3v) is 3.94. The molecule has 0 amide bonds. The fraction of sp³-hybridized carbons (Fsp3) is 0.769. The monoisotopic (exact) mass is 255 g/mol. The standard InChI is InChI=1S/C13H25N3S/c1-12(2,3)15-8-11-7-14-10-16(11)9-13(4,5)17-6/h7,10,15H,8-9H2,1-6H3. The Morgan fingerprint density at radius 1 is 1.29 bits per heavy atom. The molecule has 0 spiro atoms. The maximum Gasteiger partial charge on any atom is 0.0949 e. The molecule has 0 aliphatic carbocycles. The van der Waals surface area contributed by atoms with Crippen LogP contribution in [0.4, 0.5) is 0 Å². The first-order chi connectivity index (χ1) is 7.73. The van der Waals surface area contributed by atoms with Gasteiger partial charge in [0.05, 0.1) is 12.0 Å². The molecule has 0 saturated heterocycles. The van der Waals surface area contributed by atoms with Crippen LogP contribution in [0.1, 0.15) is 40.3 Å². The summed E-state index contributed by atoms with van der Waals surface area (Å²) in [5.74, 6) is 0. The SMILES string of the molecule is CSC(C)(C)Cn1cncc1CNC(C)(C)C. The van der Waals surface area contributed by atoms with Crippen LogP contribution in [0, 0.1) is 0 Å². The number of hydrogen-bond donors (Lipinski definition) is 1. The topological polar surface area (TPSA) is 29.9 Å². The maximum atomic E-state index is 4.25. The van der Waals surface area contributed by atoms with Gasteiger partial charge in [0.1, 0.15) is 0 Å². The molecule has 0 fully saturated rings. The first-order valence-corrected chi connectivity index (χ1v) is 7.25. The molecule has 3 nitrogen and oxygen atoms in total. The van der Waals surface area contributed by atoms with Crippen molar-refractivity contribution in [2.75, 3.05) is 6.26 Å². The highest BCUT2D eigenvalue weighted by Gasteiger charge is 2.18. The van der Waals surface area contributed by atoms with E-state index in [0.29, 0.717) is 0 Å². The molecule has 0 aliphatic rings. The van der Waals surface area contributed by atoms with E-state index in [9.17, 15) is 0 Å². The molecule has 0 radical (unpaired) electrons. The lowest BCUT2D eigenvalue weighted by atomic mass is 10.1. The Hall–Kier alpha value is -0.480. The minimum absolute atomic E-state index is 0.143. The summed E-state index contributed by atoms with van der Waals surface area (Å²) < 4.78 is 2.49. The lowest BCUT2D eigenvalue weighted by Gasteiger charge is -2.25. The van der Waals surface area contributed by atoms with Crippen LogP contribution >= 0.6 is 11.8 Å². The van der Waals surface area contributed by atoms with E-state index in [1.54, 1.807) is 0 Å². The van der Waals surface area contributed by atoms with E-state index in [1.807, 2.05) is 24.3 Å². The Labute approximate surface area is 109 Å². The third kappa shape index (κ3) is 5.13. The van der Waals surface area contributed by atoms with Gasteiger partial charge >= 0.3 is 0 Å². The zero-order valence-corrected chi connectivity index (χ0v) is 12.7. The van der Waals surface area contributed by atoms with Gasteiger partial charge in [-0.15, -0.1) is 0 Å². The summed E-state index contributed by atoms with van der Waals surface area (Å²) in [4.78, 5) is 4.25. The van der Waals surface area contributed by atoms with Crippen LogP contribution in [-0.4, -0.2) is 26.1 Å². The summed E-state index contributed by atoms with van der Waals surface area (Å²) in [5.41, 5.74) is 1.39. The average molecular weight is 255 g/mol. The van der Waals surface area contributed by atoms with E-state index in [1.165, 1.54) is 5.69 Å². The predicted molar refractivity (Wildman–Crippen MR) is 76.4 cm³/mol. The number of imidazole rings is 1. The van der Waals surface area contributed by atoms with Crippen LogP contribution in [-0.2, 0) is 13.1 Å². The quantitative estimate of drug-likeness (QED) is 0.877. The van der Waals surface area contributed by atoms with Gasteiger partial charge in [-0.2, -0.15) is 11.8 Å². The summed E-state index contributed by atoms with van der Waals surface area (Å²) >= 11 is 1.89. The van der Waals surface area contributed by atoms with Crippen molar-refractivity contribution in [1.29, 1.82) is 0 Å². The van der Waals surface area contributed by atoms with Crippen molar-refractivity contribution in [1.82, 2.24) is 14.9 Å². The molecule has 0 bridgehead atoms. The van der Waals surface area contributed by atoms with Gasteiger partial charge in [0.15, 0.2) is 0 Å². The molecular formula is C13H25N3S. The highest BCUT2D eigenvalue weighted by Crippen LogP contribution is 2.23. The Bertz CT molecular complexity index is 350. The Morgan fingerprint density at radius 2 is 1.94 bits per heavy atom.